The van der Waals surface area contributed by atoms with Crippen LogP contribution in [0.2, 0.25) is 0 Å². The Hall–Kier alpha value is -0.370. The molecule has 0 aliphatic carbocycles. The van der Waals surface area contributed by atoms with E-state index in [2.05, 4.69) is 53.1 Å². The van der Waals surface area contributed by atoms with Crippen molar-refractivity contribution < 1.29 is 9.53 Å². The average molecular weight is 498 g/mol. The second kappa shape index (κ2) is 7.76. The number of thiophene rings is 1. The van der Waals surface area contributed by atoms with Gasteiger partial charge in [0.2, 0.25) is 0 Å². The fraction of sp³-hybridized carbons (Fsp3) is 0.214. The Bertz CT molecular complexity index is 638. The van der Waals surface area contributed by atoms with Crippen molar-refractivity contribution in [3.63, 3.8) is 0 Å². The van der Waals surface area contributed by atoms with Crippen molar-refractivity contribution in [2.24, 2.45) is 0 Å². The summed E-state index contributed by atoms with van der Waals surface area (Å²) in [6.45, 7) is 2.56. The molecule has 0 radical (unpaired) electrons. The number of benzene rings is 1. The number of carbonyl (C=O) groups excluding carboxylic acids is 1. The SMILES string of the molecule is CCOc1ccc(NC(=O)c2cc(Br)c(Br)s2)cc1CBr. The highest BCUT2D eigenvalue weighted by atomic mass is 79.9. The molecule has 0 spiro atoms. The van der Waals surface area contributed by atoms with Gasteiger partial charge in [-0.1, -0.05) is 15.9 Å². The minimum atomic E-state index is -0.129. The quantitative estimate of drug-likeness (QED) is 0.529. The van der Waals surface area contributed by atoms with Crippen molar-refractivity contribution in [2.75, 3.05) is 11.9 Å². The third-order valence-electron chi connectivity index (χ3n) is 2.63. The van der Waals surface area contributed by atoms with Crippen LogP contribution in [0.1, 0.15) is 22.2 Å². The number of alkyl halides is 1. The highest BCUT2D eigenvalue weighted by molar-refractivity contribution is 9.13. The molecule has 112 valence electrons. The summed E-state index contributed by atoms with van der Waals surface area (Å²) in [4.78, 5) is 12.8. The Morgan fingerprint density at radius 3 is 2.67 bits per heavy atom. The molecule has 3 nitrogen and oxygen atoms in total. The zero-order chi connectivity index (χ0) is 15.4. The number of amides is 1. The summed E-state index contributed by atoms with van der Waals surface area (Å²) >= 11 is 11.6. The van der Waals surface area contributed by atoms with E-state index >= 15 is 0 Å². The van der Waals surface area contributed by atoms with Crippen LogP contribution in [0.3, 0.4) is 0 Å². The van der Waals surface area contributed by atoms with Crippen molar-refractivity contribution in [3.8, 4) is 5.75 Å². The van der Waals surface area contributed by atoms with E-state index in [4.69, 9.17) is 4.74 Å². The standard InChI is InChI=1S/C14H12Br3NO2S/c1-2-20-11-4-3-9(5-8(11)7-15)18-14(19)12-6-10(16)13(17)21-12/h3-6H,2,7H2,1H3,(H,18,19). The molecule has 1 N–H and O–H groups in total. The summed E-state index contributed by atoms with van der Waals surface area (Å²) < 4.78 is 7.32. The van der Waals surface area contributed by atoms with Gasteiger partial charge in [0.1, 0.15) is 5.75 Å². The van der Waals surface area contributed by atoms with E-state index in [1.165, 1.54) is 11.3 Å². The number of rotatable bonds is 5. The minimum absolute atomic E-state index is 0.129. The molecule has 1 aromatic carbocycles. The van der Waals surface area contributed by atoms with Crippen LogP contribution < -0.4 is 10.1 Å². The number of hydrogen-bond acceptors (Lipinski definition) is 3. The Balaban J connectivity index is 2.17. The van der Waals surface area contributed by atoms with Gasteiger partial charge < -0.3 is 10.1 Å². The molecular weight excluding hydrogens is 486 g/mol. The van der Waals surface area contributed by atoms with E-state index in [1.807, 2.05) is 25.1 Å². The minimum Gasteiger partial charge on any atom is -0.494 e. The van der Waals surface area contributed by atoms with Crippen LogP contribution in [-0.4, -0.2) is 12.5 Å². The number of hydrogen-bond donors (Lipinski definition) is 1. The van der Waals surface area contributed by atoms with Gasteiger partial charge in [0.05, 0.1) is 15.3 Å². The molecule has 0 fully saturated rings. The van der Waals surface area contributed by atoms with Crippen LogP contribution in [0.4, 0.5) is 5.69 Å². The van der Waals surface area contributed by atoms with Crippen LogP contribution in [-0.2, 0) is 5.33 Å². The topological polar surface area (TPSA) is 38.3 Å². The van der Waals surface area contributed by atoms with Gasteiger partial charge in [-0.25, -0.2) is 0 Å². The first-order valence-electron chi connectivity index (χ1n) is 6.13. The average Bonchev–Trinajstić information content (AvgIpc) is 2.80. The van der Waals surface area contributed by atoms with Crippen molar-refractivity contribution in [3.05, 3.63) is 43.0 Å². The normalized spacial score (nSPS) is 10.5. The van der Waals surface area contributed by atoms with E-state index in [9.17, 15) is 4.79 Å². The monoisotopic (exact) mass is 495 g/mol. The van der Waals surface area contributed by atoms with E-state index in [1.54, 1.807) is 6.07 Å². The summed E-state index contributed by atoms with van der Waals surface area (Å²) in [5.41, 5.74) is 1.75. The number of nitrogens with one attached hydrogen (secondary N) is 1. The molecule has 2 rings (SSSR count). The van der Waals surface area contributed by atoms with Crippen molar-refractivity contribution in [2.45, 2.75) is 12.3 Å². The molecule has 7 heteroatoms. The molecule has 0 saturated heterocycles. The van der Waals surface area contributed by atoms with E-state index in [0.29, 0.717) is 16.8 Å². The number of carbonyl (C=O) groups is 1. The van der Waals surface area contributed by atoms with Crippen LogP contribution >= 0.6 is 59.1 Å². The first-order chi connectivity index (χ1) is 10.0. The molecule has 0 saturated carbocycles. The molecule has 1 amide bonds. The predicted molar refractivity (Wildman–Crippen MR) is 97.9 cm³/mol. The highest BCUT2D eigenvalue weighted by Crippen LogP contribution is 2.33. The second-order valence-corrected chi connectivity index (χ2v) is 7.86. The summed E-state index contributed by atoms with van der Waals surface area (Å²) in [7, 11) is 0. The highest BCUT2D eigenvalue weighted by Gasteiger charge is 2.13. The zero-order valence-electron chi connectivity index (χ0n) is 11.1. The van der Waals surface area contributed by atoms with Gasteiger partial charge in [-0.05, 0) is 63.0 Å². The first-order valence-corrected chi connectivity index (χ1v) is 9.65. The van der Waals surface area contributed by atoms with Crippen LogP contribution in [0.15, 0.2) is 32.5 Å². The molecule has 0 atom stereocenters. The van der Waals surface area contributed by atoms with Gasteiger partial charge in [0.25, 0.3) is 5.91 Å². The maximum Gasteiger partial charge on any atom is 0.265 e. The molecule has 0 unspecified atom stereocenters. The van der Waals surface area contributed by atoms with Crippen molar-refractivity contribution in [1.29, 1.82) is 0 Å². The molecule has 21 heavy (non-hydrogen) atoms. The number of ether oxygens (including phenoxy) is 1. The lowest BCUT2D eigenvalue weighted by Gasteiger charge is -2.11. The third-order valence-corrected chi connectivity index (χ3v) is 6.49. The lowest BCUT2D eigenvalue weighted by Crippen LogP contribution is -2.10. The summed E-state index contributed by atoms with van der Waals surface area (Å²) in [5, 5.41) is 3.57. The molecule has 1 aromatic heterocycles. The fourth-order valence-corrected chi connectivity index (χ4v) is 4.08. The second-order valence-electron chi connectivity index (χ2n) is 4.08. The van der Waals surface area contributed by atoms with Gasteiger partial charge in [-0.2, -0.15) is 0 Å². The number of halogens is 3. The summed E-state index contributed by atoms with van der Waals surface area (Å²) in [5.74, 6) is 0.699. The fourth-order valence-electron chi connectivity index (χ4n) is 1.71. The zero-order valence-corrected chi connectivity index (χ0v) is 16.7. The maximum atomic E-state index is 12.2. The first kappa shape index (κ1) is 17.0. The smallest absolute Gasteiger partial charge is 0.265 e. The molecule has 0 aliphatic rings. The van der Waals surface area contributed by atoms with Crippen molar-refractivity contribution in [1.82, 2.24) is 0 Å². The molecule has 0 bridgehead atoms. The van der Waals surface area contributed by atoms with Gasteiger partial charge in [-0.3, -0.25) is 4.79 Å². The van der Waals surface area contributed by atoms with Gasteiger partial charge in [-0.15, -0.1) is 11.3 Å². The van der Waals surface area contributed by atoms with Crippen molar-refractivity contribution >= 4 is 70.7 Å². The summed E-state index contributed by atoms with van der Waals surface area (Å²) in [6.07, 6.45) is 0. The van der Waals surface area contributed by atoms with Gasteiger partial charge >= 0.3 is 0 Å². The molecule has 2 aromatic rings. The predicted octanol–water partition coefficient (Wildman–Crippen LogP) is 5.82. The molecule has 1 heterocycles. The third kappa shape index (κ3) is 4.31. The van der Waals surface area contributed by atoms with Crippen LogP contribution in [0.5, 0.6) is 5.75 Å². The van der Waals surface area contributed by atoms with Gasteiger partial charge in [0.15, 0.2) is 0 Å². The Labute approximate surface area is 152 Å². The Kier molecular flexibility index (Phi) is 6.28. The van der Waals surface area contributed by atoms with E-state index in [-0.39, 0.29) is 5.91 Å². The largest absolute Gasteiger partial charge is 0.494 e. The maximum absolute atomic E-state index is 12.2. The Morgan fingerprint density at radius 2 is 2.10 bits per heavy atom. The Morgan fingerprint density at radius 1 is 1.33 bits per heavy atom. The van der Waals surface area contributed by atoms with Gasteiger partial charge in [0, 0.05) is 21.1 Å². The molecular formula is C14H12Br3NO2S. The van der Waals surface area contributed by atoms with E-state index < -0.39 is 0 Å². The number of anilines is 1. The van der Waals surface area contributed by atoms with Crippen LogP contribution in [0, 0.1) is 0 Å². The lowest BCUT2D eigenvalue weighted by molar-refractivity contribution is 0.103. The summed E-state index contributed by atoms with van der Waals surface area (Å²) in [6, 6.07) is 7.42. The molecule has 0 aliphatic heterocycles. The lowest BCUT2D eigenvalue weighted by atomic mass is 10.2. The van der Waals surface area contributed by atoms with E-state index in [0.717, 1.165) is 25.3 Å². The van der Waals surface area contributed by atoms with Crippen LogP contribution in [0.25, 0.3) is 0 Å².